The topological polar surface area (TPSA) is 114 Å². The van der Waals surface area contributed by atoms with Gasteiger partial charge in [0.2, 0.25) is 6.79 Å². The van der Waals surface area contributed by atoms with Crippen molar-refractivity contribution in [2.45, 2.75) is 26.9 Å². The van der Waals surface area contributed by atoms with Crippen LogP contribution in [0.1, 0.15) is 30.0 Å². The molecule has 0 aliphatic carbocycles. The van der Waals surface area contributed by atoms with E-state index >= 15 is 0 Å². The van der Waals surface area contributed by atoms with E-state index in [1.807, 2.05) is 38.1 Å². The van der Waals surface area contributed by atoms with Gasteiger partial charge in [-0.2, -0.15) is 0 Å². The standard InChI is InChI=1S/C20H21N5O4/c1-11(2)29-14-6-4-13(5-7-14)25-12(3)19(23-24-25)20(26)22-16-9-18-17(8-15(16)21)27-10-28-18/h4-9,11H,10,21H2,1-3H3,(H,22,26). The van der Waals surface area contributed by atoms with E-state index in [1.54, 1.807) is 23.7 Å². The van der Waals surface area contributed by atoms with Crippen LogP contribution in [-0.2, 0) is 0 Å². The molecule has 0 radical (unpaired) electrons. The maximum atomic E-state index is 12.7. The van der Waals surface area contributed by atoms with Gasteiger partial charge in [-0.25, -0.2) is 4.68 Å². The van der Waals surface area contributed by atoms with Crippen LogP contribution in [0.5, 0.6) is 17.2 Å². The molecule has 2 heterocycles. The summed E-state index contributed by atoms with van der Waals surface area (Å²) in [4.78, 5) is 12.7. The van der Waals surface area contributed by atoms with Gasteiger partial charge in [0, 0.05) is 12.1 Å². The zero-order valence-corrected chi connectivity index (χ0v) is 16.3. The zero-order valence-electron chi connectivity index (χ0n) is 16.3. The van der Waals surface area contributed by atoms with Crippen LogP contribution in [0.15, 0.2) is 36.4 Å². The quantitative estimate of drug-likeness (QED) is 0.639. The number of hydrogen-bond acceptors (Lipinski definition) is 7. The number of anilines is 2. The molecule has 9 nitrogen and oxygen atoms in total. The van der Waals surface area contributed by atoms with E-state index < -0.39 is 5.91 Å². The molecule has 150 valence electrons. The number of aromatic nitrogens is 3. The number of nitrogens with two attached hydrogens (primary N) is 1. The molecule has 3 N–H and O–H groups in total. The summed E-state index contributed by atoms with van der Waals surface area (Å²) in [6.07, 6.45) is 0.0906. The maximum Gasteiger partial charge on any atom is 0.278 e. The van der Waals surface area contributed by atoms with E-state index in [1.165, 1.54) is 0 Å². The zero-order chi connectivity index (χ0) is 20.5. The highest BCUT2D eigenvalue weighted by Gasteiger charge is 2.21. The molecular weight excluding hydrogens is 374 g/mol. The molecule has 0 spiro atoms. The van der Waals surface area contributed by atoms with E-state index in [9.17, 15) is 4.79 Å². The summed E-state index contributed by atoms with van der Waals surface area (Å²) < 4.78 is 17.8. The third-order valence-corrected chi connectivity index (χ3v) is 4.36. The molecule has 2 aromatic carbocycles. The third kappa shape index (κ3) is 3.66. The Hall–Kier alpha value is -3.75. The van der Waals surface area contributed by atoms with Crippen LogP contribution >= 0.6 is 0 Å². The van der Waals surface area contributed by atoms with Crippen molar-refractivity contribution in [3.05, 3.63) is 47.8 Å². The lowest BCUT2D eigenvalue weighted by Gasteiger charge is -2.10. The second kappa shape index (κ2) is 7.34. The number of nitrogens with one attached hydrogen (secondary N) is 1. The summed E-state index contributed by atoms with van der Waals surface area (Å²) in [6.45, 7) is 5.83. The van der Waals surface area contributed by atoms with Crippen LogP contribution in [0.2, 0.25) is 0 Å². The van der Waals surface area contributed by atoms with Crippen molar-refractivity contribution in [3.8, 4) is 22.9 Å². The second-order valence-electron chi connectivity index (χ2n) is 6.84. The van der Waals surface area contributed by atoms with Crippen molar-refractivity contribution < 1.29 is 19.0 Å². The first-order valence-electron chi connectivity index (χ1n) is 9.12. The van der Waals surface area contributed by atoms with Gasteiger partial charge in [-0.3, -0.25) is 4.79 Å². The number of fused-ring (bicyclic) bond motifs is 1. The summed E-state index contributed by atoms with van der Waals surface area (Å²) in [5, 5.41) is 10.9. The minimum Gasteiger partial charge on any atom is -0.491 e. The number of nitrogen functional groups attached to an aromatic ring is 1. The molecule has 3 aromatic rings. The van der Waals surface area contributed by atoms with E-state index in [4.69, 9.17) is 19.9 Å². The van der Waals surface area contributed by atoms with Crippen molar-refractivity contribution in [3.63, 3.8) is 0 Å². The summed E-state index contributed by atoms with van der Waals surface area (Å²) in [5.41, 5.74) is 8.35. The smallest absolute Gasteiger partial charge is 0.278 e. The number of rotatable bonds is 5. The van der Waals surface area contributed by atoms with Gasteiger partial charge in [0.05, 0.1) is 28.9 Å². The lowest BCUT2D eigenvalue weighted by molar-refractivity contribution is 0.102. The first kappa shape index (κ1) is 18.6. The Morgan fingerprint density at radius 3 is 2.59 bits per heavy atom. The van der Waals surface area contributed by atoms with Gasteiger partial charge in [0.25, 0.3) is 5.91 Å². The Balaban J connectivity index is 1.55. The molecule has 0 saturated carbocycles. The fraction of sp³-hybridized carbons (Fsp3) is 0.250. The number of benzene rings is 2. The van der Waals surface area contributed by atoms with Crippen molar-refractivity contribution in [2.75, 3.05) is 17.8 Å². The lowest BCUT2D eigenvalue weighted by Crippen LogP contribution is -2.15. The highest BCUT2D eigenvalue weighted by atomic mass is 16.7. The molecule has 9 heteroatoms. The predicted octanol–water partition coefficient (Wildman–Crippen LogP) is 2.93. The van der Waals surface area contributed by atoms with E-state index in [0.29, 0.717) is 28.6 Å². The van der Waals surface area contributed by atoms with Crippen LogP contribution in [0, 0.1) is 6.92 Å². The normalized spacial score (nSPS) is 12.3. The molecule has 1 aliphatic rings. The molecule has 0 bridgehead atoms. The Morgan fingerprint density at radius 2 is 1.90 bits per heavy atom. The van der Waals surface area contributed by atoms with Crippen LogP contribution in [-0.4, -0.2) is 33.8 Å². The molecule has 0 saturated heterocycles. The molecular formula is C20H21N5O4. The van der Waals surface area contributed by atoms with Gasteiger partial charge in [0.1, 0.15) is 5.75 Å². The highest BCUT2D eigenvalue weighted by Crippen LogP contribution is 2.38. The van der Waals surface area contributed by atoms with Gasteiger partial charge in [-0.1, -0.05) is 5.21 Å². The molecule has 1 aromatic heterocycles. The van der Waals surface area contributed by atoms with Gasteiger partial charge < -0.3 is 25.3 Å². The van der Waals surface area contributed by atoms with Crippen LogP contribution in [0.3, 0.4) is 0 Å². The summed E-state index contributed by atoms with van der Waals surface area (Å²) in [5.74, 6) is 1.42. The Kier molecular flexibility index (Phi) is 4.71. The monoisotopic (exact) mass is 395 g/mol. The van der Waals surface area contributed by atoms with Crippen molar-refractivity contribution in [1.82, 2.24) is 15.0 Å². The lowest BCUT2D eigenvalue weighted by atomic mass is 10.2. The number of nitrogens with zero attached hydrogens (tertiary/aromatic N) is 3. The molecule has 29 heavy (non-hydrogen) atoms. The van der Waals surface area contributed by atoms with E-state index in [0.717, 1.165) is 11.4 Å². The summed E-state index contributed by atoms with van der Waals surface area (Å²) in [7, 11) is 0. The minimum absolute atomic E-state index is 0.0906. The average Bonchev–Trinajstić information content (AvgIpc) is 3.28. The molecule has 1 aliphatic heterocycles. The Morgan fingerprint density at radius 1 is 1.21 bits per heavy atom. The molecule has 4 rings (SSSR count). The molecule has 0 fully saturated rings. The van der Waals surface area contributed by atoms with Gasteiger partial charge in [-0.05, 0) is 45.0 Å². The number of ether oxygens (including phenoxy) is 3. The second-order valence-corrected chi connectivity index (χ2v) is 6.84. The van der Waals surface area contributed by atoms with Crippen molar-refractivity contribution in [1.29, 1.82) is 0 Å². The fourth-order valence-corrected chi connectivity index (χ4v) is 2.97. The first-order valence-corrected chi connectivity index (χ1v) is 9.12. The van der Waals surface area contributed by atoms with Gasteiger partial charge in [-0.15, -0.1) is 5.10 Å². The van der Waals surface area contributed by atoms with E-state index in [2.05, 4.69) is 15.6 Å². The Bertz CT molecular complexity index is 1060. The fourth-order valence-electron chi connectivity index (χ4n) is 2.97. The van der Waals surface area contributed by atoms with Crippen molar-refractivity contribution in [2.24, 2.45) is 0 Å². The number of carbonyl (C=O) groups excluding carboxylic acids is 1. The van der Waals surface area contributed by atoms with E-state index in [-0.39, 0.29) is 18.6 Å². The average molecular weight is 395 g/mol. The van der Waals surface area contributed by atoms with Crippen molar-refractivity contribution >= 4 is 17.3 Å². The van der Waals surface area contributed by atoms with Gasteiger partial charge >= 0.3 is 0 Å². The number of hydrogen-bond donors (Lipinski definition) is 2. The highest BCUT2D eigenvalue weighted by molar-refractivity contribution is 6.05. The van der Waals surface area contributed by atoms with Crippen LogP contribution in [0.25, 0.3) is 5.69 Å². The first-order chi connectivity index (χ1) is 13.9. The third-order valence-electron chi connectivity index (χ3n) is 4.36. The Labute approximate surface area is 167 Å². The largest absolute Gasteiger partial charge is 0.491 e. The molecule has 0 unspecified atom stereocenters. The number of carbonyl (C=O) groups is 1. The SMILES string of the molecule is Cc1c(C(=O)Nc2cc3c(cc2N)OCO3)nnn1-c1ccc(OC(C)C)cc1. The maximum absolute atomic E-state index is 12.7. The molecule has 0 atom stereocenters. The number of amides is 1. The van der Waals surface area contributed by atoms with Gasteiger partial charge in [0.15, 0.2) is 17.2 Å². The summed E-state index contributed by atoms with van der Waals surface area (Å²) >= 11 is 0. The van der Waals surface area contributed by atoms with Crippen LogP contribution in [0.4, 0.5) is 11.4 Å². The minimum atomic E-state index is -0.418. The van der Waals surface area contributed by atoms with Crippen LogP contribution < -0.4 is 25.3 Å². The summed E-state index contributed by atoms with van der Waals surface area (Å²) in [6, 6.07) is 10.7. The molecule has 1 amide bonds. The predicted molar refractivity (Wildman–Crippen MR) is 107 cm³/mol.